The third-order valence-electron chi connectivity index (χ3n) is 5.84. The van der Waals surface area contributed by atoms with Gasteiger partial charge in [0.2, 0.25) is 15.9 Å². The predicted molar refractivity (Wildman–Crippen MR) is 135 cm³/mol. The molecule has 10 heteroatoms. The van der Waals surface area contributed by atoms with Crippen molar-refractivity contribution in [2.45, 2.75) is 29.6 Å². The maximum atomic E-state index is 14.0. The van der Waals surface area contributed by atoms with Gasteiger partial charge in [-0.1, -0.05) is 29.4 Å². The van der Waals surface area contributed by atoms with Gasteiger partial charge in [0.1, 0.15) is 11.5 Å². The Morgan fingerprint density at radius 2 is 2.03 bits per heavy atom. The van der Waals surface area contributed by atoms with Gasteiger partial charge in [-0.05, 0) is 62.4 Å². The number of carbonyl (C=O) groups excluding carboxylic acids is 1. The number of halogens is 1. The number of hydrogen-bond donors (Lipinski definition) is 1. The smallest absolute Gasteiger partial charge is 0.248 e. The first-order valence-electron chi connectivity index (χ1n) is 11.1. The Balaban J connectivity index is 1.53. The van der Waals surface area contributed by atoms with Crippen LogP contribution in [0.25, 0.3) is 12.2 Å². The Labute approximate surface area is 208 Å². The number of amides is 1. The van der Waals surface area contributed by atoms with Crippen molar-refractivity contribution in [2.24, 2.45) is 5.92 Å². The molecule has 1 aliphatic rings. The third-order valence-corrected chi connectivity index (χ3v) is 8.59. The third kappa shape index (κ3) is 5.66. The average Bonchev–Trinajstić information content (AvgIpc) is 3.24. The van der Waals surface area contributed by atoms with Gasteiger partial charge in [0, 0.05) is 29.2 Å². The van der Waals surface area contributed by atoms with Crippen molar-refractivity contribution >= 4 is 45.5 Å². The highest BCUT2D eigenvalue weighted by Crippen LogP contribution is 2.30. The quantitative estimate of drug-likeness (QED) is 0.443. The van der Waals surface area contributed by atoms with E-state index in [-0.39, 0.29) is 35.3 Å². The molecule has 7 nitrogen and oxygen atoms in total. The van der Waals surface area contributed by atoms with Crippen LogP contribution < -0.4 is 5.32 Å². The number of thioether (sulfide) groups is 1. The topological polar surface area (TPSA) is 92.5 Å². The number of nitrogens with one attached hydrogen (secondary N) is 1. The van der Waals surface area contributed by atoms with Crippen LogP contribution in [-0.2, 0) is 14.8 Å². The highest BCUT2D eigenvalue weighted by atomic mass is 32.2. The molecule has 1 aliphatic heterocycles. The van der Waals surface area contributed by atoms with Gasteiger partial charge in [0.05, 0.1) is 5.92 Å². The summed E-state index contributed by atoms with van der Waals surface area (Å²) in [6.07, 6.45) is 5.94. The first kappa shape index (κ1) is 25.2. The van der Waals surface area contributed by atoms with Crippen molar-refractivity contribution < 1.29 is 22.1 Å². The largest absolute Gasteiger partial charge is 0.355 e. The fraction of sp³-hybridized carbons (Fsp3) is 0.280. The minimum atomic E-state index is -4.00. The fourth-order valence-corrected chi connectivity index (χ4v) is 6.26. The number of nitrogens with zero attached hydrogens (tertiary/aromatic N) is 2. The average molecular weight is 516 g/mol. The Morgan fingerprint density at radius 1 is 1.23 bits per heavy atom. The first-order valence-corrected chi connectivity index (χ1v) is 13.8. The Kier molecular flexibility index (Phi) is 7.73. The van der Waals surface area contributed by atoms with Crippen LogP contribution >= 0.6 is 11.8 Å². The van der Waals surface area contributed by atoms with E-state index in [9.17, 15) is 17.6 Å². The zero-order valence-electron chi connectivity index (χ0n) is 19.4. The first-order chi connectivity index (χ1) is 16.8. The molecule has 184 valence electrons. The second-order valence-corrected chi connectivity index (χ2v) is 11.0. The van der Waals surface area contributed by atoms with Gasteiger partial charge >= 0.3 is 0 Å². The summed E-state index contributed by atoms with van der Waals surface area (Å²) in [7, 11) is -4.00. The van der Waals surface area contributed by atoms with Crippen LogP contribution in [0, 0.1) is 18.7 Å². The minimum Gasteiger partial charge on any atom is -0.355 e. The van der Waals surface area contributed by atoms with E-state index in [2.05, 4.69) is 10.5 Å². The fourth-order valence-electron chi connectivity index (χ4n) is 4.02. The Bertz CT molecular complexity index is 1350. The van der Waals surface area contributed by atoms with Crippen molar-refractivity contribution in [3.63, 3.8) is 0 Å². The number of aryl methyl sites for hydroxylation is 1. The van der Waals surface area contributed by atoms with Crippen LogP contribution in [0.3, 0.4) is 0 Å². The molecule has 1 aromatic heterocycles. The monoisotopic (exact) mass is 515 g/mol. The molecule has 0 bridgehead atoms. The molecule has 35 heavy (non-hydrogen) atoms. The van der Waals surface area contributed by atoms with Crippen molar-refractivity contribution in [1.82, 2.24) is 9.46 Å². The lowest BCUT2D eigenvalue weighted by Crippen LogP contribution is -2.43. The molecular weight excluding hydrogens is 489 g/mol. The summed E-state index contributed by atoms with van der Waals surface area (Å²) in [6, 6.07) is 13.7. The van der Waals surface area contributed by atoms with E-state index in [0.717, 1.165) is 4.90 Å². The molecule has 0 saturated carbocycles. The maximum Gasteiger partial charge on any atom is 0.248 e. The molecule has 1 saturated heterocycles. The zero-order chi connectivity index (χ0) is 25.0. The molecule has 1 atom stereocenters. The Morgan fingerprint density at radius 3 is 2.80 bits per heavy atom. The van der Waals surface area contributed by atoms with Crippen LogP contribution in [0.1, 0.15) is 29.9 Å². The molecular formula is C25H26FN3O4S2. The molecule has 0 spiro atoms. The number of hydrogen-bond acceptors (Lipinski definition) is 6. The summed E-state index contributed by atoms with van der Waals surface area (Å²) in [4.78, 5) is 13.9. The van der Waals surface area contributed by atoms with E-state index in [0.29, 0.717) is 24.1 Å². The van der Waals surface area contributed by atoms with Crippen molar-refractivity contribution in [3.05, 3.63) is 71.4 Å². The number of rotatable bonds is 7. The van der Waals surface area contributed by atoms with Gasteiger partial charge in [-0.3, -0.25) is 4.79 Å². The standard InChI is InChI=1S/C25H26FN3O4S2/c1-17-24(23(33-28-17)13-12-18-7-3-4-11-22(18)26)35(31,32)29-14-6-8-19(16-29)25(30)27-20-9-5-10-21(15-20)34-2/h3-5,7,9-13,15,19H,6,8,14,16H2,1-2H3,(H,27,30)/b13-12+/t19-/m0/s1. The molecule has 0 unspecified atom stereocenters. The summed E-state index contributed by atoms with van der Waals surface area (Å²) in [5.74, 6) is -1.12. The molecule has 2 heterocycles. The molecule has 0 aliphatic carbocycles. The maximum absolute atomic E-state index is 14.0. The number of sulfonamides is 1. The van der Waals surface area contributed by atoms with E-state index >= 15 is 0 Å². The molecule has 1 N–H and O–H groups in total. The SMILES string of the molecule is CSc1cccc(NC(=O)[C@H]2CCCN(S(=O)(=O)c3c(C)noc3/C=C/c3ccccc3F)C2)c1. The van der Waals surface area contributed by atoms with Crippen molar-refractivity contribution in [3.8, 4) is 0 Å². The highest BCUT2D eigenvalue weighted by Gasteiger charge is 2.37. The number of piperidine rings is 1. The van der Waals surface area contributed by atoms with Crippen LogP contribution in [0.4, 0.5) is 10.1 Å². The van der Waals surface area contributed by atoms with Gasteiger partial charge in [-0.2, -0.15) is 4.31 Å². The molecule has 0 radical (unpaired) electrons. The van der Waals surface area contributed by atoms with Gasteiger partial charge in [-0.25, -0.2) is 12.8 Å². The summed E-state index contributed by atoms with van der Waals surface area (Å²) >= 11 is 1.57. The highest BCUT2D eigenvalue weighted by molar-refractivity contribution is 7.98. The van der Waals surface area contributed by atoms with Crippen LogP contribution in [-0.4, -0.2) is 43.1 Å². The number of anilines is 1. The number of carbonyl (C=O) groups is 1. The van der Waals surface area contributed by atoms with E-state index in [1.165, 1.54) is 22.5 Å². The molecule has 3 aromatic rings. The number of benzene rings is 2. The lowest BCUT2D eigenvalue weighted by atomic mass is 9.99. The summed E-state index contributed by atoms with van der Waals surface area (Å²) in [6.45, 7) is 1.89. The summed E-state index contributed by atoms with van der Waals surface area (Å²) in [5.41, 5.74) is 1.18. The van der Waals surface area contributed by atoms with Crippen LogP contribution in [0.2, 0.25) is 0 Å². The second-order valence-electron chi connectivity index (χ2n) is 8.24. The lowest BCUT2D eigenvalue weighted by molar-refractivity contribution is -0.120. The van der Waals surface area contributed by atoms with Gasteiger partial charge in [0.15, 0.2) is 10.7 Å². The van der Waals surface area contributed by atoms with Crippen LogP contribution in [0.15, 0.2) is 62.8 Å². The normalized spacial score (nSPS) is 17.1. The van der Waals surface area contributed by atoms with Crippen molar-refractivity contribution in [2.75, 3.05) is 24.7 Å². The van der Waals surface area contributed by atoms with Gasteiger partial charge < -0.3 is 9.84 Å². The number of aromatic nitrogens is 1. The van der Waals surface area contributed by atoms with E-state index in [1.54, 1.807) is 36.9 Å². The Hall–Kier alpha value is -2.95. The van der Waals surface area contributed by atoms with Crippen molar-refractivity contribution in [1.29, 1.82) is 0 Å². The molecule has 1 amide bonds. The predicted octanol–water partition coefficient (Wildman–Crippen LogP) is 5.05. The van der Waals surface area contributed by atoms with E-state index in [4.69, 9.17) is 4.52 Å². The second kappa shape index (κ2) is 10.8. The molecule has 4 rings (SSSR count). The zero-order valence-corrected chi connectivity index (χ0v) is 21.0. The molecule has 2 aromatic carbocycles. The van der Waals surface area contributed by atoms with Gasteiger partial charge in [-0.15, -0.1) is 11.8 Å². The van der Waals surface area contributed by atoms with Gasteiger partial charge in [0.25, 0.3) is 0 Å². The van der Waals surface area contributed by atoms with E-state index in [1.807, 2.05) is 30.5 Å². The summed E-state index contributed by atoms with van der Waals surface area (Å²) < 4.78 is 47.7. The molecule has 1 fully saturated rings. The summed E-state index contributed by atoms with van der Waals surface area (Å²) in [5, 5.41) is 6.74. The minimum absolute atomic E-state index is 0.0196. The van der Waals surface area contributed by atoms with Crippen LogP contribution in [0.5, 0.6) is 0 Å². The van der Waals surface area contributed by atoms with E-state index < -0.39 is 21.8 Å². The lowest BCUT2D eigenvalue weighted by Gasteiger charge is -2.31.